The van der Waals surface area contributed by atoms with Crippen LogP contribution in [0.15, 0.2) is 0 Å². The van der Waals surface area contributed by atoms with Crippen LogP contribution in [0.2, 0.25) is 0 Å². The number of nitrogens with zero attached hydrogens (tertiary/aromatic N) is 1. The molecule has 72 heavy (non-hydrogen) atoms. The lowest BCUT2D eigenvalue weighted by Gasteiger charge is -2.25. The second-order valence-corrected chi connectivity index (χ2v) is 23.1. The summed E-state index contributed by atoms with van der Waals surface area (Å²) in [5.41, 5.74) is 0. The van der Waals surface area contributed by atoms with E-state index in [1.165, 1.54) is 263 Å². The molecule has 0 aliphatic carbocycles. The number of carbonyl (C=O) groups excluding carboxylic acids is 2. The van der Waals surface area contributed by atoms with E-state index in [0.29, 0.717) is 17.4 Å². The van der Waals surface area contributed by atoms with Crippen LogP contribution in [0.5, 0.6) is 0 Å². The summed E-state index contributed by atoms with van der Waals surface area (Å²) in [6, 6.07) is 0. The molecule has 0 saturated carbocycles. The molecular weight excluding hydrogens is 899 g/mol. The van der Waals surface area contributed by atoms with Gasteiger partial charge in [0.2, 0.25) is 0 Å². The number of carboxylic acid groups (broad SMARTS) is 1. The summed E-state index contributed by atoms with van der Waals surface area (Å²) < 4.78 is 22.7. The highest BCUT2D eigenvalue weighted by molar-refractivity contribution is 5.71. The topological polar surface area (TPSA) is 108 Å². The summed E-state index contributed by atoms with van der Waals surface area (Å²) >= 11 is 0. The van der Waals surface area contributed by atoms with Crippen LogP contribution >= 0.6 is 0 Å². The number of ether oxygens (including phenoxy) is 4. The van der Waals surface area contributed by atoms with Gasteiger partial charge < -0.3 is 28.5 Å². The molecule has 0 fully saturated rings. The Morgan fingerprint density at radius 2 is 0.625 bits per heavy atom. The average Bonchev–Trinajstić information content (AvgIpc) is 3.35. The van der Waals surface area contributed by atoms with Crippen molar-refractivity contribution in [1.82, 2.24) is 0 Å². The van der Waals surface area contributed by atoms with Crippen molar-refractivity contribution in [2.45, 2.75) is 341 Å². The van der Waals surface area contributed by atoms with Crippen LogP contribution in [0.4, 0.5) is 0 Å². The Balaban J connectivity index is 3.74. The van der Waals surface area contributed by atoms with Gasteiger partial charge in [-0.1, -0.05) is 303 Å². The van der Waals surface area contributed by atoms with Crippen LogP contribution in [-0.2, 0) is 33.3 Å². The minimum atomic E-state index is -1.50. The van der Waals surface area contributed by atoms with E-state index in [4.69, 9.17) is 18.9 Å². The van der Waals surface area contributed by atoms with E-state index in [0.717, 1.165) is 38.5 Å². The van der Waals surface area contributed by atoms with Crippen LogP contribution in [0.25, 0.3) is 0 Å². The van der Waals surface area contributed by atoms with Crippen molar-refractivity contribution in [3.8, 4) is 0 Å². The molecule has 0 saturated heterocycles. The van der Waals surface area contributed by atoms with Crippen molar-refractivity contribution in [1.29, 1.82) is 0 Å². The van der Waals surface area contributed by atoms with Crippen LogP contribution in [0.1, 0.15) is 328 Å². The summed E-state index contributed by atoms with van der Waals surface area (Å²) in [5, 5.41) is 9.65. The highest BCUT2D eigenvalue weighted by atomic mass is 16.7. The highest BCUT2D eigenvalue weighted by Gasteiger charge is 2.25. The van der Waals surface area contributed by atoms with Gasteiger partial charge >= 0.3 is 17.9 Å². The van der Waals surface area contributed by atoms with Crippen LogP contribution in [0.3, 0.4) is 0 Å². The first kappa shape index (κ1) is 70.3. The minimum absolute atomic E-state index is 0.175. The molecule has 2 atom stereocenters. The Hall–Kier alpha value is -1.71. The first-order valence-corrected chi connectivity index (χ1v) is 31.7. The van der Waals surface area contributed by atoms with E-state index in [1.807, 2.05) is 21.1 Å². The molecule has 9 heteroatoms. The number of carboxylic acids is 1. The van der Waals surface area contributed by atoms with Gasteiger partial charge in [-0.2, -0.15) is 0 Å². The Morgan fingerprint density at radius 3 is 0.889 bits per heavy atom. The molecule has 9 nitrogen and oxygen atoms in total. The number of unbranched alkanes of at least 4 members (excludes halogenated alkanes) is 45. The number of hydrogen-bond donors (Lipinski definition) is 1. The second kappa shape index (κ2) is 55.5. The molecule has 2 unspecified atom stereocenters. The number of esters is 2. The number of carbonyl (C=O) groups is 3. The molecule has 0 spiro atoms. The van der Waals surface area contributed by atoms with E-state index in [1.54, 1.807) is 0 Å². The fourth-order valence-electron chi connectivity index (χ4n) is 9.72. The van der Waals surface area contributed by atoms with Gasteiger partial charge in [0.05, 0.1) is 34.4 Å². The van der Waals surface area contributed by atoms with Gasteiger partial charge in [-0.15, -0.1) is 0 Å². The van der Waals surface area contributed by atoms with Crippen molar-refractivity contribution in [2.75, 3.05) is 47.5 Å². The van der Waals surface area contributed by atoms with E-state index in [9.17, 15) is 19.5 Å². The Kier molecular flexibility index (Phi) is 54.2. The summed E-state index contributed by atoms with van der Waals surface area (Å²) in [6.45, 7) is 4.88. The van der Waals surface area contributed by atoms with Crippen LogP contribution in [0, 0.1) is 0 Å². The maximum absolute atomic E-state index is 12.8. The molecule has 0 aromatic rings. The van der Waals surface area contributed by atoms with Crippen molar-refractivity contribution < 1.29 is 42.9 Å². The largest absolute Gasteiger partial charge is 0.477 e. The zero-order valence-corrected chi connectivity index (χ0v) is 48.9. The number of rotatable bonds is 60. The Morgan fingerprint density at radius 1 is 0.361 bits per heavy atom. The smallest absolute Gasteiger partial charge is 0.361 e. The summed E-state index contributed by atoms with van der Waals surface area (Å²) in [4.78, 5) is 37.1. The quantitative estimate of drug-likeness (QED) is 0.0278. The molecule has 428 valence electrons. The van der Waals surface area contributed by atoms with Gasteiger partial charge in [0.1, 0.15) is 13.2 Å². The van der Waals surface area contributed by atoms with Crippen molar-refractivity contribution in [2.24, 2.45) is 0 Å². The normalized spacial score (nSPS) is 12.6. The Labute approximate surface area is 447 Å². The minimum Gasteiger partial charge on any atom is -0.477 e. The van der Waals surface area contributed by atoms with Gasteiger partial charge in [-0.3, -0.25) is 9.59 Å². The SMILES string of the molecule is CCCCCCCCCCCCCCCCCCCCCCCCCCCCCCCCCCCCCCCCCCC(=O)OC(COC(=O)CCCCCCCCC)COC(OCC[N+](C)(C)C)C(=O)O. The number of quaternary nitrogens is 1. The number of aliphatic carboxylic acids is 1. The van der Waals surface area contributed by atoms with E-state index >= 15 is 0 Å². The monoisotopic (exact) mass is 1020 g/mol. The second-order valence-electron chi connectivity index (χ2n) is 23.1. The van der Waals surface area contributed by atoms with E-state index < -0.39 is 18.4 Å². The third-order valence-corrected chi connectivity index (χ3v) is 14.6. The Bertz CT molecular complexity index is 1140. The molecule has 0 bridgehead atoms. The van der Waals surface area contributed by atoms with Gasteiger partial charge in [0.15, 0.2) is 6.10 Å². The van der Waals surface area contributed by atoms with E-state index in [2.05, 4.69) is 13.8 Å². The fraction of sp³-hybridized carbons (Fsp3) is 0.952. The molecule has 0 radical (unpaired) electrons. The summed E-state index contributed by atoms with van der Waals surface area (Å²) in [7, 11) is 5.97. The molecule has 0 amide bonds. The van der Waals surface area contributed by atoms with Gasteiger partial charge in [-0.05, 0) is 12.8 Å². The zero-order chi connectivity index (χ0) is 52.7. The maximum Gasteiger partial charge on any atom is 0.361 e. The molecule has 0 rings (SSSR count). The highest BCUT2D eigenvalue weighted by Crippen LogP contribution is 2.19. The van der Waals surface area contributed by atoms with Crippen LogP contribution < -0.4 is 0 Å². The summed E-state index contributed by atoms with van der Waals surface area (Å²) in [5.74, 6) is -1.99. The first-order chi connectivity index (χ1) is 35.1. The van der Waals surface area contributed by atoms with Gasteiger partial charge in [0.25, 0.3) is 6.29 Å². The van der Waals surface area contributed by atoms with Gasteiger partial charge in [-0.25, -0.2) is 4.79 Å². The molecule has 0 aliphatic heterocycles. The number of hydrogen-bond acceptors (Lipinski definition) is 7. The third-order valence-electron chi connectivity index (χ3n) is 14.6. The molecule has 1 N–H and O–H groups in total. The predicted molar refractivity (Wildman–Crippen MR) is 305 cm³/mol. The molecule has 0 heterocycles. The fourth-order valence-corrected chi connectivity index (χ4v) is 9.72. The molecule has 0 aromatic heterocycles. The van der Waals surface area contributed by atoms with E-state index in [-0.39, 0.29) is 38.2 Å². The average molecular weight is 1020 g/mol. The first-order valence-electron chi connectivity index (χ1n) is 31.7. The van der Waals surface area contributed by atoms with Crippen molar-refractivity contribution in [3.63, 3.8) is 0 Å². The molecule has 0 aromatic carbocycles. The number of likely N-dealkylation sites (N-methyl/N-ethyl adjacent to an activating group) is 1. The third kappa shape index (κ3) is 56.0. The predicted octanol–water partition coefficient (Wildman–Crippen LogP) is 18.7. The lowest BCUT2D eigenvalue weighted by atomic mass is 10.0. The standard InChI is InChI=1S/C63H123NO8/c1-6-8-10-12-14-15-16-17-18-19-20-21-22-23-24-25-26-27-28-29-30-31-32-33-34-35-36-37-38-39-40-41-42-43-44-45-46-48-50-52-54-61(66)72-59(57-70-60(65)53-51-49-47-13-11-9-7-2)58-71-63(62(67)68)69-56-55-64(3,4)5/h59,63H,6-58H2,1-5H3/p+1. The summed E-state index contributed by atoms with van der Waals surface area (Å²) in [6.07, 6.45) is 61.3. The lowest BCUT2D eigenvalue weighted by molar-refractivity contribution is -0.870. The van der Waals surface area contributed by atoms with Crippen molar-refractivity contribution in [3.05, 3.63) is 0 Å². The van der Waals surface area contributed by atoms with Gasteiger partial charge in [0, 0.05) is 12.8 Å². The maximum atomic E-state index is 12.8. The lowest BCUT2D eigenvalue weighted by Crippen LogP contribution is -2.40. The zero-order valence-electron chi connectivity index (χ0n) is 48.9. The van der Waals surface area contributed by atoms with Crippen LogP contribution in [-0.4, -0.2) is 87.4 Å². The van der Waals surface area contributed by atoms with Crippen molar-refractivity contribution >= 4 is 17.9 Å². The molecule has 0 aliphatic rings. The molecular formula is C63H124NO8+.